The van der Waals surface area contributed by atoms with E-state index < -0.39 is 0 Å². The maximum absolute atomic E-state index is 5.97. The summed E-state index contributed by atoms with van der Waals surface area (Å²) >= 11 is 0. The van der Waals surface area contributed by atoms with Crippen LogP contribution in [-0.4, -0.2) is 31.8 Å². The monoisotopic (exact) mass is 209 g/mol. The first-order chi connectivity index (χ1) is 7.07. The summed E-state index contributed by atoms with van der Waals surface area (Å²) in [5.41, 5.74) is 7.76. The lowest BCUT2D eigenvalue weighted by molar-refractivity contribution is 0.183. The molecule has 1 unspecified atom stereocenters. The lowest BCUT2D eigenvalue weighted by Crippen LogP contribution is -2.33. The van der Waals surface area contributed by atoms with Crippen LogP contribution in [0.25, 0.3) is 0 Å². The van der Waals surface area contributed by atoms with Gasteiger partial charge < -0.3 is 15.4 Å². The van der Waals surface area contributed by atoms with Crippen molar-refractivity contribution in [3.8, 4) is 0 Å². The molecule has 1 aromatic rings. The highest BCUT2D eigenvalue weighted by molar-refractivity contribution is 5.66. The molecule has 0 bridgehead atoms. The first kappa shape index (κ1) is 11.8. The molecule has 0 spiro atoms. The number of ether oxygens (including phenoxy) is 1. The standard InChI is InChI=1S/C11H19N3O/c1-8-5-6-13-11(10(8)12)14(3)9(2)7-15-4/h5-6,9H,7,12H2,1-4H3. The summed E-state index contributed by atoms with van der Waals surface area (Å²) in [7, 11) is 3.67. The van der Waals surface area contributed by atoms with E-state index in [0.717, 1.165) is 17.1 Å². The Hall–Kier alpha value is -1.29. The van der Waals surface area contributed by atoms with Crippen LogP contribution in [0.3, 0.4) is 0 Å². The first-order valence-electron chi connectivity index (χ1n) is 5.00. The van der Waals surface area contributed by atoms with Crippen LogP contribution in [0.15, 0.2) is 12.3 Å². The van der Waals surface area contributed by atoms with Crippen molar-refractivity contribution in [2.45, 2.75) is 19.9 Å². The zero-order valence-corrected chi connectivity index (χ0v) is 9.82. The predicted octanol–water partition coefficient (Wildman–Crippen LogP) is 1.44. The Balaban J connectivity index is 2.90. The number of hydrogen-bond donors (Lipinski definition) is 1. The molecular formula is C11H19N3O. The fourth-order valence-corrected chi connectivity index (χ4v) is 1.40. The van der Waals surface area contributed by atoms with Gasteiger partial charge in [-0.25, -0.2) is 4.98 Å². The molecule has 0 saturated heterocycles. The molecule has 0 radical (unpaired) electrons. The Bertz CT molecular complexity index is 328. The summed E-state index contributed by atoms with van der Waals surface area (Å²) in [5, 5.41) is 0. The average molecular weight is 209 g/mol. The molecule has 1 atom stereocenters. The molecule has 1 aromatic heterocycles. The van der Waals surface area contributed by atoms with Gasteiger partial charge >= 0.3 is 0 Å². The number of likely N-dealkylation sites (N-methyl/N-ethyl adjacent to an activating group) is 1. The van der Waals surface area contributed by atoms with Crippen LogP contribution in [-0.2, 0) is 4.74 Å². The van der Waals surface area contributed by atoms with Gasteiger partial charge in [-0.1, -0.05) is 0 Å². The number of aromatic nitrogens is 1. The van der Waals surface area contributed by atoms with Gasteiger partial charge in [-0.05, 0) is 25.5 Å². The van der Waals surface area contributed by atoms with E-state index in [0.29, 0.717) is 6.61 Å². The van der Waals surface area contributed by atoms with E-state index in [1.807, 2.05) is 24.9 Å². The highest BCUT2D eigenvalue weighted by Crippen LogP contribution is 2.23. The Kier molecular flexibility index (Phi) is 3.91. The largest absolute Gasteiger partial charge is 0.396 e. The number of aryl methyl sites for hydroxylation is 1. The lowest BCUT2D eigenvalue weighted by atomic mass is 10.2. The number of nitrogens with zero attached hydrogens (tertiary/aromatic N) is 2. The zero-order chi connectivity index (χ0) is 11.4. The predicted molar refractivity (Wildman–Crippen MR) is 63.1 cm³/mol. The average Bonchev–Trinajstić information content (AvgIpc) is 2.21. The van der Waals surface area contributed by atoms with Crippen LogP contribution in [0.4, 0.5) is 11.5 Å². The SMILES string of the molecule is COCC(C)N(C)c1nccc(C)c1N. The minimum absolute atomic E-state index is 0.256. The van der Waals surface area contributed by atoms with Crippen molar-refractivity contribution in [1.82, 2.24) is 4.98 Å². The number of pyridine rings is 1. The van der Waals surface area contributed by atoms with Crippen LogP contribution in [0, 0.1) is 6.92 Å². The minimum atomic E-state index is 0.256. The van der Waals surface area contributed by atoms with Gasteiger partial charge in [0, 0.05) is 20.4 Å². The molecule has 84 valence electrons. The van der Waals surface area contributed by atoms with Gasteiger partial charge in [-0.2, -0.15) is 0 Å². The first-order valence-corrected chi connectivity index (χ1v) is 5.00. The van der Waals surface area contributed by atoms with E-state index >= 15 is 0 Å². The van der Waals surface area contributed by atoms with Gasteiger partial charge in [-0.15, -0.1) is 0 Å². The Morgan fingerprint density at radius 3 is 2.87 bits per heavy atom. The number of methoxy groups -OCH3 is 1. The third kappa shape index (κ3) is 2.59. The normalized spacial score (nSPS) is 12.5. The van der Waals surface area contributed by atoms with Crippen LogP contribution >= 0.6 is 0 Å². The van der Waals surface area contributed by atoms with Crippen molar-refractivity contribution >= 4 is 11.5 Å². The number of nitrogen functional groups attached to an aromatic ring is 1. The Labute approximate surface area is 91.1 Å². The fourth-order valence-electron chi connectivity index (χ4n) is 1.40. The van der Waals surface area contributed by atoms with E-state index in [1.165, 1.54) is 0 Å². The van der Waals surface area contributed by atoms with Crippen molar-refractivity contribution in [3.63, 3.8) is 0 Å². The summed E-state index contributed by atoms with van der Waals surface area (Å²) in [4.78, 5) is 6.32. The number of rotatable bonds is 4. The molecule has 0 saturated carbocycles. The number of hydrogen-bond acceptors (Lipinski definition) is 4. The van der Waals surface area contributed by atoms with Crippen LogP contribution < -0.4 is 10.6 Å². The highest BCUT2D eigenvalue weighted by atomic mass is 16.5. The molecule has 4 heteroatoms. The van der Waals surface area contributed by atoms with E-state index in [1.54, 1.807) is 13.3 Å². The molecule has 2 N–H and O–H groups in total. The van der Waals surface area contributed by atoms with Crippen molar-refractivity contribution in [2.24, 2.45) is 0 Å². The summed E-state index contributed by atoms with van der Waals surface area (Å²) < 4.78 is 5.11. The maximum Gasteiger partial charge on any atom is 0.152 e. The summed E-state index contributed by atoms with van der Waals surface area (Å²) in [6.45, 7) is 4.72. The second-order valence-electron chi connectivity index (χ2n) is 3.78. The third-order valence-electron chi connectivity index (χ3n) is 2.59. The van der Waals surface area contributed by atoms with E-state index in [9.17, 15) is 0 Å². The molecule has 15 heavy (non-hydrogen) atoms. The molecule has 0 aliphatic heterocycles. The molecule has 1 heterocycles. The van der Waals surface area contributed by atoms with Gasteiger partial charge in [-0.3, -0.25) is 0 Å². The van der Waals surface area contributed by atoms with Crippen molar-refractivity contribution < 1.29 is 4.74 Å². The van der Waals surface area contributed by atoms with Crippen LogP contribution in [0.2, 0.25) is 0 Å². The molecule has 0 aliphatic rings. The maximum atomic E-state index is 5.97. The van der Waals surface area contributed by atoms with Crippen molar-refractivity contribution in [1.29, 1.82) is 0 Å². The molecule has 1 rings (SSSR count). The number of nitrogens with two attached hydrogens (primary N) is 1. The van der Waals surface area contributed by atoms with E-state index in [-0.39, 0.29) is 6.04 Å². The van der Waals surface area contributed by atoms with Crippen molar-refractivity contribution in [3.05, 3.63) is 17.8 Å². The van der Waals surface area contributed by atoms with Gasteiger partial charge in [0.05, 0.1) is 18.3 Å². The summed E-state index contributed by atoms with van der Waals surface area (Å²) in [6.07, 6.45) is 1.77. The molecule has 0 aliphatic carbocycles. The van der Waals surface area contributed by atoms with Crippen LogP contribution in [0.5, 0.6) is 0 Å². The van der Waals surface area contributed by atoms with E-state index in [4.69, 9.17) is 10.5 Å². The van der Waals surface area contributed by atoms with Gasteiger partial charge in [0.25, 0.3) is 0 Å². The van der Waals surface area contributed by atoms with Crippen LogP contribution in [0.1, 0.15) is 12.5 Å². The minimum Gasteiger partial charge on any atom is -0.396 e. The quantitative estimate of drug-likeness (QED) is 0.815. The lowest BCUT2D eigenvalue weighted by Gasteiger charge is -2.26. The molecular weight excluding hydrogens is 190 g/mol. The number of anilines is 2. The molecule has 0 amide bonds. The second-order valence-corrected chi connectivity index (χ2v) is 3.78. The van der Waals surface area contributed by atoms with Gasteiger partial charge in [0.1, 0.15) is 0 Å². The second kappa shape index (κ2) is 4.98. The topological polar surface area (TPSA) is 51.4 Å². The fraction of sp³-hybridized carbons (Fsp3) is 0.545. The van der Waals surface area contributed by atoms with Gasteiger partial charge in [0.2, 0.25) is 0 Å². The van der Waals surface area contributed by atoms with Crippen molar-refractivity contribution in [2.75, 3.05) is 31.4 Å². The molecule has 0 fully saturated rings. The summed E-state index contributed by atoms with van der Waals surface area (Å²) in [5.74, 6) is 0.819. The molecule has 0 aromatic carbocycles. The van der Waals surface area contributed by atoms with E-state index in [2.05, 4.69) is 11.9 Å². The Morgan fingerprint density at radius 2 is 2.27 bits per heavy atom. The highest BCUT2D eigenvalue weighted by Gasteiger charge is 2.14. The van der Waals surface area contributed by atoms with Gasteiger partial charge in [0.15, 0.2) is 5.82 Å². The Morgan fingerprint density at radius 1 is 1.60 bits per heavy atom. The zero-order valence-electron chi connectivity index (χ0n) is 9.82. The summed E-state index contributed by atoms with van der Waals surface area (Å²) in [6, 6.07) is 2.17. The smallest absolute Gasteiger partial charge is 0.152 e. The molecule has 4 nitrogen and oxygen atoms in total. The third-order valence-corrected chi connectivity index (χ3v) is 2.59.